The summed E-state index contributed by atoms with van der Waals surface area (Å²) in [7, 11) is 0. The molecule has 0 spiro atoms. The maximum Gasteiger partial charge on any atom is 0.513 e. The maximum atomic E-state index is 11.5. The largest absolute Gasteiger partial charge is 0.513 e. The molecule has 1 rings (SSSR count). The number of nitrogens with zero attached hydrogens (tertiary/aromatic N) is 1. The predicted octanol–water partition coefficient (Wildman–Crippen LogP) is 4.18. The van der Waals surface area contributed by atoms with Crippen LogP contribution in [0.1, 0.15) is 33.6 Å². The minimum Gasteiger partial charge on any atom is -0.434 e. The highest BCUT2D eigenvalue weighted by Gasteiger charge is 2.11. The highest BCUT2D eigenvalue weighted by atomic mass is 16.7. The third kappa shape index (κ3) is 6.74. The highest BCUT2D eigenvalue weighted by molar-refractivity contribution is 5.63. The van der Waals surface area contributed by atoms with Gasteiger partial charge in [0.15, 0.2) is 0 Å². The van der Waals surface area contributed by atoms with Crippen molar-refractivity contribution in [3.05, 3.63) is 34.4 Å². The van der Waals surface area contributed by atoms with Gasteiger partial charge in [-0.2, -0.15) is 0 Å². The van der Waals surface area contributed by atoms with E-state index in [1.807, 2.05) is 6.92 Å². The molecule has 116 valence electrons. The van der Waals surface area contributed by atoms with Crippen LogP contribution in [0.25, 0.3) is 0 Å². The lowest BCUT2D eigenvalue weighted by atomic mass is 10.0. The highest BCUT2D eigenvalue weighted by Crippen LogP contribution is 2.18. The van der Waals surface area contributed by atoms with Gasteiger partial charge < -0.3 is 9.47 Å². The number of hydrogen-bond donors (Lipinski definition) is 0. The van der Waals surface area contributed by atoms with E-state index in [1.165, 1.54) is 24.3 Å². The van der Waals surface area contributed by atoms with Crippen LogP contribution in [0.3, 0.4) is 0 Å². The fraction of sp³-hybridized carbons (Fsp3) is 0.533. The van der Waals surface area contributed by atoms with Gasteiger partial charge >= 0.3 is 6.16 Å². The van der Waals surface area contributed by atoms with E-state index in [9.17, 15) is 14.9 Å². The van der Waals surface area contributed by atoms with E-state index in [2.05, 4.69) is 13.8 Å². The van der Waals surface area contributed by atoms with Crippen LogP contribution in [-0.2, 0) is 4.74 Å². The van der Waals surface area contributed by atoms with Crippen molar-refractivity contribution in [2.24, 2.45) is 11.8 Å². The zero-order valence-electron chi connectivity index (χ0n) is 12.6. The van der Waals surface area contributed by atoms with Crippen molar-refractivity contribution < 1.29 is 19.2 Å². The SMILES string of the molecule is CC(C)CC[C@@H](C)COC(=O)Oc1ccc([N+](=O)[O-])cc1. The van der Waals surface area contributed by atoms with Gasteiger partial charge in [-0.25, -0.2) is 4.79 Å². The van der Waals surface area contributed by atoms with Gasteiger partial charge in [-0.15, -0.1) is 0 Å². The Bertz CT molecular complexity index is 469. The molecule has 1 aromatic carbocycles. The molecule has 0 amide bonds. The molecule has 0 saturated carbocycles. The Morgan fingerprint density at radius 1 is 1.19 bits per heavy atom. The van der Waals surface area contributed by atoms with Gasteiger partial charge in [0, 0.05) is 12.1 Å². The maximum absolute atomic E-state index is 11.5. The van der Waals surface area contributed by atoms with Gasteiger partial charge in [-0.1, -0.05) is 27.2 Å². The van der Waals surface area contributed by atoms with E-state index in [-0.39, 0.29) is 17.4 Å². The Balaban J connectivity index is 2.34. The number of nitro groups is 1. The molecule has 1 atom stereocenters. The molecule has 0 aromatic heterocycles. The standard InChI is InChI=1S/C15H21NO5/c1-11(2)4-5-12(3)10-20-15(17)21-14-8-6-13(7-9-14)16(18)19/h6-9,11-12H,4-5,10H2,1-3H3/t12-/m1/s1. The minimum absolute atomic E-state index is 0.0574. The zero-order valence-corrected chi connectivity index (χ0v) is 12.6. The second kappa shape index (κ2) is 8.24. The number of benzene rings is 1. The summed E-state index contributed by atoms with van der Waals surface area (Å²) >= 11 is 0. The molecule has 0 aliphatic carbocycles. The molecule has 21 heavy (non-hydrogen) atoms. The lowest BCUT2D eigenvalue weighted by Crippen LogP contribution is -2.15. The van der Waals surface area contributed by atoms with Crippen molar-refractivity contribution >= 4 is 11.8 Å². The van der Waals surface area contributed by atoms with Crippen molar-refractivity contribution in [2.45, 2.75) is 33.6 Å². The second-order valence-corrected chi connectivity index (χ2v) is 5.49. The first-order chi connectivity index (χ1) is 9.88. The van der Waals surface area contributed by atoms with Gasteiger partial charge in [0.1, 0.15) is 5.75 Å². The van der Waals surface area contributed by atoms with Crippen LogP contribution in [0.4, 0.5) is 10.5 Å². The average molecular weight is 295 g/mol. The van der Waals surface area contributed by atoms with Gasteiger partial charge in [-0.05, 0) is 30.4 Å². The third-order valence-corrected chi connectivity index (χ3v) is 2.97. The van der Waals surface area contributed by atoms with Crippen LogP contribution in [0.15, 0.2) is 24.3 Å². The van der Waals surface area contributed by atoms with Crippen LogP contribution in [0.2, 0.25) is 0 Å². The molecule has 6 heteroatoms. The molecule has 0 aliphatic rings. The smallest absolute Gasteiger partial charge is 0.434 e. The topological polar surface area (TPSA) is 78.7 Å². The van der Waals surface area contributed by atoms with Crippen molar-refractivity contribution in [2.75, 3.05) is 6.61 Å². The van der Waals surface area contributed by atoms with Crippen molar-refractivity contribution in [3.8, 4) is 5.75 Å². The molecule has 0 heterocycles. The van der Waals surface area contributed by atoms with Crippen LogP contribution < -0.4 is 4.74 Å². The lowest BCUT2D eigenvalue weighted by molar-refractivity contribution is -0.384. The van der Waals surface area contributed by atoms with E-state index in [1.54, 1.807) is 0 Å². The third-order valence-electron chi connectivity index (χ3n) is 2.97. The predicted molar refractivity (Wildman–Crippen MR) is 78.3 cm³/mol. The van der Waals surface area contributed by atoms with Crippen LogP contribution in [0.5, 0.6) is 5.75 Å². The summed E-state index contributed by atoms with van der Waals surface area (Å²) in [6.07, 6.45) is 1.28. The van der Waals surface area contributed by atoms with Crippen LogP contribution in [0, 0.1) is 22.0 Å². The normalized spacial score (nSPS) is 12.0. The Kier molecular flexibility index (Phi) is 6.65. The molecule has 0 unspecified atom stereocenters. The summed E-state index contributed by atoms with van der Waals surface area (Å²) in [6.45, 7) is 6.62. The molecule has 0 N–H and O–H groups in total. The van der Waals surface area contributed by atoms with E-state index in [0.29, 0.717) is 12.5 Å². The van der Waals surface area contributed by atoms with E-state index in [0.717, 1.165) is 12.8 Å². The molecule has 6 nitrogen and oxygen atoms in total. The average Bonchev–Trinajstić information content (AvgIpc) is 2.43. The monoisotopic (exact) mass is 295 g/mol. The molecule has 0 saturated heterocycles. The number of hydrogen-bond acceptors (Lipinski definition) is 5. The zero-order chi connectivity index (χ0) is 15.8. The van der Waals surface area contributed by atoms with Crippen molar-refractivity contribution in [1.29, 1.82) is 0 Å². The number of non-ortho nitro benzene ring substituents is 1. The summed E-state index contributed by atoms with van der Waals surface area (Å²) in [5.41, 5.74) is -0.0574. The molecular formula is C15H21NO5. The second-order valence-electron chi connectivity index (χ2n) is 5.49. The summed E-state index contributed by atoms with van der Waals surface area (Å²) in [4.78, 5) is 21.5. The van der Waals surface area contributed by atoms with Crippen molar-refractivity contribution in [3.63, 3.8) is 0 Å². The first-order valence-corrected chi connectivity index (χ1v) is 6.97. The fourth-order valence-corrected chi connectivity index (χ4v) is 1.67. The van der Waals surface area contributed by atoms with Gasteiger partial charge in [0.05, 0.1) is 11.5 Å². The molecule has 1 aromatic rings. The molecule has 0 fully saturated rings. The Morgan fingerprint density at radius 2 is 1.81 bits per heavy atom. The summed E-state index contributed by atoms with van der Waals surface area (Å²) < 4.78 is 9.96. The molecule has 0 aliphatic heterocycles. The number of rotatable bonds is 7. The van der Waals surface area contributed by atoms with Gasteiger partial charge in [-0.3, -0.25) is 10.1 Å². The minimum atomic E-state index is -0.791. The van der Waals surface area contributed by atoms with E-state index in [4.69, 9.17) is 9.47 Å². The summed E-state index contributed by atoms with van der Waals surface area (Å²) in [5, 5.41) is 10.5. The van der Waals surface area contributed by atoms with E-state index >= 15 is 0 Å². The number of carbonyl (C=O) groups excluding carboxylic acids is 1. The lowest BCUT2D eigenvalue weighted by Gasteiger charge is -2.13. The molecular weight excluding hydrogens is 274 g/mol. The first-order valence-electron chi connectivity index (χ1n) is 6.97. The Morgan fingerprint density at radius 3 is 2.33 bits per heavy atom. The Hall–Kier alpha value is -2.11. The van der Waals surface area contributed by atoms with E-state index < -0.39 is 11.1 Å². The van der Waals surface area contributed by atoms with Crippen molar-refractivity contribution in [1.82, 2.24) is 0 Å². The quantitative estimate of drug-likeness (QED) is 0.326. The summed E-state index contributed by atoms with van der Waals surface area (Å²) in [5.74, 6) is 1.12. The number of carbonyl (C=O) groups is 1. The number of nitro benzene ring substituents is 1. The fourth-order valence-electron chi connectivity index (χ4n) is 1.67. The van der Waals surface area contributed by atoms with Gasteiger partial charge in [0.25, 0.3) is 5.69 Å². The molecule has 0 radical (unpaired) electrons. The van der Waals surface area contributed by atoms with Crippen LogP contribution in [-0.4, -0.2) is 17.7 Å². The van der Waals surface area contributed by atoms with Crippen LogP contribution >= 0.6 is 0 Å². The molecule has 0 bridgehead atoms. The first kappa shape index (κ1) is 16.9. The summed E-state index contributed by atoms with van der Waals surface area (Å²) in [6, 6.07) is 5.27. The van der Waals surface area contributed by atoms with Gasteiger partial charge in [0.2, 0.25) is 0 Å². The Labute approximate surface area is 124 Å². The number of ether oxygens (including phenoxy) is 2.